The Morgan fingerprint density at radius 2 is 2.21 bits per heavy atom. The molecule has 3 rings (SSSR count). The Hall–Kier alpha value is -1.89. The lowest BCUT2D eigenvalue weighted by Crippen LogP contribution is -2.39. The van der Waals surface area contributed by atoms with Gasteiger partial charge in [0.15, 0.2) is 5.17 Å². The number of carbonyl (C=O) groups excluding carboxylic acids is 1. The fourth-order valence-corrected chi connectivity index (χ4v) is 4.61. The van der Waals surface area contributed by atoms with Gasteiger partial charge in [-0.3, -0.25) is 9.79 Å². The van der Waals surface area contributed by atoms with E-state index in [9.17, 15) is 13.6 Å². The molecule has 1 amide bonds. The number of halogens is 2. The minimum absolute atomic E-state index is 0.0311. The van der Waals surface area contributed by atoms with Gasteiger partial charge in [-0.25, -0.2) is 8.78 Å². The Kier molecular flexibility index (Phi) is 4.15. The molecule has 1 aliphatic carbocycles. The molecule has 2 aliphatic rings. The van der Waals surface area contributed by atoms with Crippen LogP contribution in [0.5, 0.6) is 0 Å². The smallest absolute Gasteiger partial charge is 0.239 e. The second kappa shape index (κ2) is 5.88. The lowest BCUT2D eigenvalue weighted by Gasteiger charge is -2.27. The van der Waals surface area contributed by atoms with Crippen molar-refractivity contribution in [3.05, 3.63) is 41.0 Å². The van der Waals surface area contributed by atoms with Gasteiger partial charge < -0.3 is 10.6 Å². The van der Waals surface area contributed by atoms with Crippen LogP contribution in [0, 0.1) is 11.7 Å². The van der Waals surface area contributed by atoms with E-state index in [1.807, 2.05) is 0 Å². The Morgan fingerprint density at radius 3 is 2.83 bits per heavy atom. The zero-order valence-corrected chi connectivity index (χ0v) is 14.5. The summed E-state index contributed by atoms with van der Waals surface area (Å²) in [5.41, 5.74) is 6.83. The van der Waals surface area contributed by atoms with Crippen molar-refractivity contribution >= 4 is 28.9 Å². The average molecular weight is 351 g/mol. The molecule has 1 saturated carbocycles. The van der Waals surface area contributed by atoms with Crippen LogP contribution in [0.25, 0.3) is 6.08 Å². The molecule has 1 fully saturated rings. The third-order valence-electron chi connectivity index (χ3n) is 4.37. The van der Waals surface area contributed by atoms with Crippen LogP contribution in [0.4, 0.5) is 8.78 Å². The molecule has 0 radical (unpaired) electrons. The number of amidine groups is 1. The third-order valence-corrected chi connectivity index (χ3v) is 5.69. The summed E-state index contributed by atoms with van der Waals surface area (Å²) in [5, 5.41) is 0.283. The van der Waals surface area contributed by atoms with Crippen LogP contribution < -0.4 is 5.73 Å². The molecule has 1 heterocycles. The molecule has 128 valence electrons. The van der Waals surface area contributed by atoms with E-state index in [-0.39, 0.29) is 22.8 Å². The van der Waals surface area contributed by atoms with Gasteiger partial charge in [0, 0.05) is 25.6 Å². The first-order valence-corrected chi connectivity index (χ1v) is 8.43. The molecule has 0 spiro atoms. The highest BCUT2D eigenvalue weighted by Crippen LogP contribution is 2.64. The number of allylic oxidation sites excluding steroid dienone is 1. The second-order valence-electron chi connectivity index (χ2n) is 6.43. The number of hydrogen-bond donors (Lipinski definition) is 1. The Morgan fingerprint density at radius 1 is 1.50 bits per heavy atom. The summed E-state index contributed by atoms with van der Waals surface area (Å²) < 4.78 is 26.8. The number of benzene rings is 1. The van der Waals surface area contributed by atoms with Crippen LogP contribution in [-0.4, -0.2) is 34.8 Å². The predicted molar refractivity (Wildman–Crippen MR) is 92.6 cm³/mol. The molecule has 2 N–H and O–H groups in total. The molecule has 0 saturated heterocycles. The molecule has 0 bridgehead atoms. The summed E-state index contributed by atoms with van der Waals surface area (Å²) in [6.07, 6.45) is 1.93. The normalized spacial score (nSPS) is 28.9. The molecule has 0 aromatic heterocycles. The largest absolute Gasteiger partial charge is 0.378 e. The van der Waals surface area contributed by atoms with Gasteiger partial charge in [0.1, 0.15) is 10.6 Å². The van der Waals surface area contributed by atoms with Crippen molar-refractivity contribution in [2.45, 2.75) is 24.1 Å². The lowest BCUT2D eigenvalue weighted by atomic mass is 9.98. The van der Waals surface area contributed by atoms with E-state index < -0.39 is 16.6 Å². The van der Waals surface area contributed by atoms with Crippen LogP contribution in [-0.2, 0) is 4.79 Å². The Balaban J connectivity index is 2.00. The van der Waals surface area contributed by atoms with Crippen LogP contribution in [0.15, 0.2) is 29.0 Å². The number of carbonyl (C=O) groups is 1. The monoisotopic (exact) mass is 351 g/mol. The van der Waals surface area contributed by atoms with Gasteiger partial charge in [0.25, 0.3) is 0 Å². The lowest BCUT2D eigenvalue weighted by molar-refractivity contribution is -0.129. The number of nitrogens with zero attached hydrogens (tertiary/aromatic N) is 2. The fraction of sp³-hybridized carbons (Fsp3) is 0.412. The number of amides is 1. The van der Waals surface area contributed by atoms with Crippen molar-refractivity contribution in [2.75, 3.05) is 14.1 Å². The molecule has 3 atom stereocenters. The van der Waals surface area contributed by atoms with Gasteiger partial charge in [-0.2, -0.15) is 0 Å². The van der Waals surface area contributed by atoms with Crippen molar-refractivity contribution in [1.29, 1.82) is 0 Å². The van der Waals surface area contributed by atoms with Crippen molar-refractivity contribution < 1.29 is 13.6 Å². The predicted octanol–water partition coefficient (Wildman–Crippen LogP) is 3.11. The molecule has 7 heteroatoms. The highest BCUT2D eigenvalue weighted by molar-refractivity contribution is 8.15. The fourth-order valence-electron chi connectivity index (χ4n) is 3.25. The van der Waals surface area contributed by atoms with Gasteiger partial charge in [-0.15, -0.1) is 0 Å². The maximum absolute atomic E-state index is 14.4. The summed E-state index contributed by atoms with van der Waals surface area (Å²) in [4.78, 5) is 18.4. The SMILES string of the molecule is C/C(F)=C/c1ccc(F)c(C2N=C(N)SC3(C(=O)N(C)C)CC23)c1. The Labute approximate surface area is 143 Å². The summed E-state index contributed by atoms with van der Waals surface area (Å²) in [7, 11) is 3.39. The number of nitrogens with two attached hydrogens (primary N) is 1. The van der Waals surface area contributed by atoms with Gasteiger partial charge in [0.05, 0.1) is 11.9 Å². The second-order valence-corrected chi connectivity index (χ2v) is 7.78. The van der Waals surface area contributed by atoms with Gasteiger partial charge in [-0.05, 0) is 37.1 Å². The van der Waals surface area contributed by atoms with Crippen molar-refractivity contribution in [3.63, 3.8) is 0 Å². The number of thioether (sulfide) groups is 1. The van der Waals surface area contributed by atoms with E-state index in [0.29, 0.717) is 17.5 Å². The van der Waals surface area contributed by atoms with E-state index in [1.165, 1.54) is 41.8 Å². The van der Waals surface area contributed by atoms with Crippen LogP contribution in [0.1, 0.15) is 30.5 Å². The van der Waals surface area contributed by atoms with E-state index in [0.717, 1.165) is 0 Å². The van der Waals surface area contributed by atoms with Gasteiger partial charge in [-0.1, -0.05) is 17.8 Å². The zero-order chi connectivity index (χ0) is 17.6. The molecule has 3 unspecified atom stereocenters. The number of rotatable bonds is 3. The van der Waals surface area contributed by atoms with Crippen LogP contribution in [0.2, 0.25) is 0 Å². The van der Waals surface area contributed by atoms with Crippen LogP contribution in [0.3, 0.4) is 0 Å². The maximum Gasteiger partial charge on any atom is 0.239 e. The summed E-state index contributed by atoms with van der Waals surface area (Å²) >= 11 is 1.26. The molecule has 1 aromatic carbocycles. The topological polar surface area (TPSA) is 58.7 Å². The highest BCUT2D eigenvalue weighted by Gasteiger charge is 2.67. The van der Waals surface area contributed by atoms with Crippen molar-refractivity contribution in [1.82, 2.24) is 4.90 Å². The first-order valence-electron chi connectivity index (χ1n) is 7.62. The highest BCUT2D eigenvalue weighted by atomic mass is 32.2. The van der Waals surface area contributed by atoms with Crippen LogP contribution >= 0.6 is 11.8 Å². The number of hydrogen-bond acceptors (Lipinski definition) is 4. The molecule has 1 aromatic rings. The Bertz CT molecular complexity index is 758. The van der Waals surface area contributed by atoms with E-state index in [4.69, 9.17) is 5.73 Å². The average Bonchev–Trinajstić information content (AvgIpc) is 3.22. The summed E-state index contributed by atoms with van der Waals surface area (Å²) in [6, 6.07) is 3.87. The van der Waals surface area contributed by atoms with E-state index >= 15 is 0 Å². The molecule has 4 nitrogen and oxygen atoms in total. The standard InChI is InChI=1S/C17H19F2N3OS/c1-9(18)6-10-4-5-13(19)11(7-10)14-12-8-17(12,15(23)22(2)3)24-16(20)21-14/h4-7,12,14H,8H2,1-3H3,(H2,20,21)/b9-6-. The first kappa shape index (κ1) is 17.0. The quantitative estimate of drug-likeness (QED) is 0.910. The number of fused-ring (bicyclic) bond motifs is 1. The molecule has 24 heavy (non-hydrogen) atoms. The molecular formula is C17H19F2N3OS. The molecule has 1 aliphatic heterocycles. The van der Waals surface area contributed by atoms with Crippen molar-refractivity contribution in [2.24, 2.45) is 16.6 Å². The zero-order valence-electron chi connectivity index (χ0n) is 13.7. The minimum Gasteiger partial charge on any atom is -0.378 e. The molecular weight excluding hydrogens is 332 g/mol. The maximum atomic E-state index is 14.4. The van der Waals surface area contributed by atoms with E-state index in [2.05, 4.69) is 4.99 Å². The van der Waals surface area contributed by atoms with Gasteiger partial charge >= 0.3 is 0 Å². The third kappa shape index (κ3) is 2.81. The minimum atomic E-state index is -0.658. The first-order chi connectivity index (χ1) is 11.2. The number of aliphatic imine (C=N–C) groups is 1. The summed E-state index contributed by atoms with van der Waals surface area (Å²) in [5.74, 6) is -0.921. The summed E-state index contributed by atoms with van der Waals surface area (Å²) in [6.45, 7) is 1.33. The van der Waals surface area contributed by atoms with Gasteiger partial charge in [0.2, 0.25) is 5.91 Å². The van der Waals surface area contributed by atoms with Crippen molar-refractivity contribution in [3.8, 4) is 0 Å². The van der Waals surface area contributed by atoms with E-state index in [1.54, 1.807) is 20.2 Å².